The zero-order chi connectivity index (χ0) is 15.8. The van der Waals surface area contributed by atoms with Crippen LogP contribution in [0.25, 0.3) is 10.4 Å². The lowest BCUT2D eigenvalue weighted by Gasteiger charge is -2.26. The molecule has 1 aliphatic heterocycles. The highest BCUT2D eigenvalue weighted by atomic mass is 127. The number of aliphatic hydroxyl groups excluding tert-OH is 1. The first kappa shape index (κ1) is 15.9. The summed E-state index contributed by atoms with van der Waals surface area (Å²) in [4.78, 5) is 27.3. The Morgan fingerprint density at radius 1 is 1.71 bits per heavy atom. The number of H-pyrrole nitrogens is 1. The smallest absolute Gasteiger partial charge is 0.330 e. The molecule has 1 aliphatic rings. The first-order valence-electron chi connectivity index (χ1n) is 5.77. The molecule has 0 unspecified atom stereocenters. The van der Waals surface area contributed by atoms with Gasteiger partial charge in [-0.1, -0.05) is 27.7 Å². The summed E-state index contributed by atoms with van der Waals surface area (Å²) in [7, 11) is 0. The fraction of sp³-hybridized carbons (Fsp3) is 0.600. The third-order valence-electron chi connectivity index (χ3n) is 3.27. The van der Waals surface area contributed by atoms with E-state index >= 15 is 0 Å². The van der Waals surface area contributed by atoms with Gasteiger partial charge in [0.15, 0.2) is 17.6 Å². The minimum atomic E-state index is -2.40. The van der Waals surface area contributed by atoms with Crippen molar-refractivity contribution >= 4 is 22.6 Å². The molecule has 2 heterocycles. The first-order valence-corrected chi connectivity index (χ1v) is 7.29. The van der Waals surface area contributed by atoms with Crippen LogP contribution >= 0.6 is 22.6 Å². The van der Waals surface area contributed by atoms with Gasteiger partial charge in [0, 0.05) is 21.6 Å². The summed E-state index contributed by atoms with van der Waals surface area (Å²) in [6.45, 7) is 1.03. The van der Waals surface area contributed by atoms with Crippen LogP contribution in [0, 0.1) is 0 Å². The van der Waals surface area contributed by atoms with Gasteiger partial charge in [-0.05, 0) is 12.5 Å². The fourth-order valence-electron chi connectivity index (χ4n) is 2.17. The molecule has 0 bridgehead atoms. The number of nitrogens with zero attached hydrogens (tertiary/aromatic N) is 4. The van der Waals surface area contributed by atoms with E-state index in [2.05, 4.69) is 10.0 Å². The number of ether oxygens (including phenoxy) is 1. The molecule has 0 aromatic carbocycles. The highest BCUT2D eigenvalue weighted by molar-refractivity contribution is 14.1. The van der Waals surface area contributed by atoms with Crippen molar-refractivity contribution in [2.75, 3.05) is 4.43 Å². The third kappa shape index (κ3) is 2.46. The van der Waals surface area contributed by atoms with Crippen molar-refractivity contribution in [3.8, 4) is 0 Å². The van der Waals surface area contributed by atoms with Gasteiger partial charge in [0.2, 0.25) is 0 Å². The summed E-state index contributed by atoms with van der Waals surface area (Å²) < 4.78 is 21.0. The minimum absolute atomic E-state index is 0.0237. The Hall–Kier alpha value is -1.43. The molecule has 11 heteroatoms. The predicted molar refractivity (Wildman–Crippen MR) is 77.7 cm³/mol. The lowest BCUT2D eigenvalue weighted by atomic mass is 9.96. The van der Waals surface area contributed by atoms with E-state index in [4.69, 9.17) is 10.3 Å². The third-order valence-corrected chi connectivity index (χ3v) is 4.36. The molecular formula is C10H11FIN5O4. The van der Waals surface area contributed by atoms with Crippen molar-refractivity contribution < 1.29 is 14.2 Å². The van der Waals surface area contributed by atoms with Crippen molar-refractivity contribution in [3.63, 3.8) is 0 Å². The van der Waals surface area contributed by atoms with Crippen LogP contribution < -0.4 is 11.2 Å². The van der Waals surface area contributed by atoms with E-state index in [1.807, 2.05) is 4.98 Å². The van der Waals surface area contributed by atoms with Gasteiger partial charge >= 0.3 is 5.69 Å². The largest absolute Gasteiger partial charge is 0.386 e. The van der Waals surface area contributed by atoms with Crippen molar-refractivity contribution in [2.45, 2.75) is 30.6 Å². The maximum atomic E-state index is 14.8. The van der Waals surface area contributed by atoms with E-state index in [1.54, 1.807) is 22.6 Å². The second-order valence-electron chi connectivity index (χ2n) is 4.71. The highest BCUT2D eigenvalue weighted by Gasteiger charge is 2.62. The average Bonchev–Trinajstić information content (AvgIpc) is 2.61. The molecule has 114 valence electrons. The Kier molecular flexibility index (Phi) is 4.10. The molecule has 2 rings (SSSR count). The lowest BCUT2D eigenvalue weighted by Crippen LogP contribution is -2.47. The summed E-state index contributed by atoms with van der Waals surface area (Å²) in [5.41, 5.74) is 2.81. The number of rotatable bonds is 3. The molecule has 0 amide bonds. The maximum Gasteiger partial charge on any atom is 0.330 e. The number of hydrogen-bond acceptors (Lipinski definition) is 5. The molecular weight excluding hydrogens is 400 g/mol. The fourth-order valence-corrected chi connectivity index (χ4v) is 2.92. The van der Waals surface area contributed by atoms with E-state index in [0.717, 1.165) is 23.8 Å². The van der Waals surface area contributed by atoms with Crippen molar-refractivity contribution in [2.24, 2.45) is 5.11 Å². The Balaban J connectivity index is 2.58. The monoisotopic (exact) mass is 411 g/mol. The summed E-state index contributed by atoms with van der Waals surface area (Å²) in [5.74, 6) is 0. The van der Waals surface area contributed by atoms with E-state index in [0.29, 0.717) is 0 Å². The Morgan fingerprint density at radius 3 is 2.90 bits per heavy atom. The van der Waals surface area contributed by atoms with Gasteiger partial charge in [0.1, 0.15) is 6.10 Å². The van der Waals surface area contributed by atoms with E-state index in [9.17, 15) is 19.1 Å². The molecule has 1 aromatic heterocycles. The van der Waals surface area contributed by atoms with Gasteiger partial charge in [0.05, 0.1) is 0 Å². The maximum absolute atomic E-state index is 14.8. The standard InChI is InChI=1S/C10H11FIN5O4/c1-9(11)6(19)10(4-12,15-16-13)21-7(9)17-3-2-5(18)14-8(17)20/h2-3,6-7,19H,4H2,1H3,(H,14,18,20)/t6-,7+,9+,10+/m0/s1. The van der Waals surface area contributed by atoms with Gasteiger partial charge in [-0.3, -0.25) is 14.3 Å². The molecule has 0 saturated carbocycles. The van der Waals surface area contributed by atoms with Crippen LogP contribution in [0.2, 0.25) is 0 Å². The molecule has 1 aromatic rings. The molecule has 0 aliphatic carbocycles. The average molecular weight is 411 g/mol. The molecule has 1 fully saturated rings. The van der Waals surface area contributed by atoms with Gasteiger partial charge in [-0.2, -0.15) is 0 Å². The number of nitrogens with one attached hydrogen (secondary N) is 1. The number of aromatic nitrogens is 2. The molecule has 0 radical (unpaired) electrons. The summed E-state index contributed by atoms with van der Waals surface area (Å²) >= 11 is 1.78. The Bertz CT molecular complexity index is 712. The van der Waals surface area contributed by atoms with Crippen LogP contribution in [0.3, 0.4) is 0 Å². The minimum Gasteiger partial charge on any atom is -0.386 e. The second kappa shape index (κ2) is 5.40. The SMILES string of the molecule is C[C@]1(F)[C@H](n2ccc(=O)[nH]c2=O)O[C@@](CI)(N=[N+]=[N-])[C@H]1O. The topological polar surface area (TPSA) is 133 Å². The van der Waals surface area contributed by atoms with Gasteiger partial charge in [-0.25, -0.2) is 9.18 Å². The van der Waals surface area contributed by atoms with Crippen LogP contribution in [0.15, 0.2) is 27.0 Å². The van der Waals surface area contributed by atoms with Crippen molar-refractivity contribution in [1.82, 2.24) is 9.55 Å². The molecule has 4 atom stereocenters. The lowest BCUT2D eigenvalue weighted by molar-refractivity contribution is -0.0875. The van der Waals surface area contributed by atoms with E-state index in [-0.39, 0.29) is 4.43 Å². The van der Waals surface area contributed by atoms with Crippen molar-refractivity contribution in [3.05, 3.63) is 43.5 Å². The van der Waals surface area contributed by atoms with Crippen LogP contribution in [-0.2, 0) is 4.74 Å². The molecule has 9 nitrogen and oxygen atoms in total. The van der Waals surface area contributed by atoms with Gasteiger partial charge in [0.25, 0.3) is 5.56 Å². The molecule has 1 saturated heterocycles. The number of alkyl halides is 2. The number of halogens is 2. The normalized spacial score (nSPS) is 35.4. The molecule has 21 heavy (non-hydrogen) atoms. The number of aliphatic hydroxyl groups is 1. The van der Waals surface area contributed by atoms with Crippen LogP contribution in [0.4, 0.5) is 4.39 Å². The molecule has 2 N–H and O–H groups in total. The van der Waals surface area contributed by atoms with Crippen LogP contribution in [-0.4, -0.2) is 36.6 Å². The number of hydrogen-bond donors (Lipinski definition) is 2. The Morgan fingerprint density at radius 2 is 2.38 bits per heavy atom. The summed E-state index contributed by atoms with van der Waals surface area (Å²) in [6.07, 6.45) is -2.27. The van der Waals surface area contributed by atoms with Crippen LogP contribution in [0.5, 0.6) is 0 Å². The number of azide groups is 1. The zero-order valence-corrected chi connectivity index (χ0v) is 12.9. The highest BCUT2D eigenvalue weighted by Crippen LogP contribution is 2.47. The quantitative estimate of drug-likeness (QED) is 0.248. The second-order valence-corrected chi connectivity index (χ2v) is 5.47. The molecule has 0 spiro atoms. The van der Waals surface area contributed by atoms with E-state index < -0.39 is 35.0 Å². The summed E-state index contributed by atoms with van der Waals surface area (Å²) in [5, 5.41) is 13.5. The number of aromatic amines is 1. The predicted octanol–water partition coefficient (Wildman–Crippen LogP) is 0.596. The van der Waals surface area contributed by atoms with Crippen molar-refractivity contribution in [1.29, 1.82) is 0 Å². The van der Waals surface area contributed by atoms with Gasteiger partial charge in [-0.15, -0.1) is 0 Å². The van der Waals surface area contributed by atoms with Crippen LogP contribution in [0.1, 0.15) is 13.2 Å². The summed E-state index contributed by atoms with van der Waals surface area (Å²) in [6, 6.07) is 1.02. The van der Waals surface area contributed by atoms with Gasteiger partial charge < -0.3 is 9.84 Å². The Labute approximate surface area is 130 Å². The van der Waals surface area contributed by atoms with E-state index in [1.165, 1.54) is 0 Å². The first-order chi connectivity index (χ1) is 9.78. The zero-order valence-electron chi connectivity index (χ0n) is 10.7.